The zero-order chi connectivity index (χ0) is 13.0. The molecule has 1 heterocycles. The lowest BCUT2D eigenvalue weighted by molar-refractivity contribution is -0.385. The molecule has 92 valence electrons. The van der Waals surface area contributed by atoms with Crippen molar-refractivity contribution in [2.24, 2.45) is 0 Å². The highest BCUT2D eigenvalue weighted by atomic mass is 16.6. The summed E-state index contributed by atoms with van der Waals surface area (Å²) in [4.78, 5) is 14.3. The fourth-order valence-electron chi connectivity index (χ4n) is 1.46. The summed E-state index contributed by atoms with van der Waals surface area (Å²) >= 11 is 0. The number of nitrogens with zero attached hydrogens (tertiary/aromatic N) is 2. The Bertz CT molecular complexity index is 572. The molecule has 0 amide bonds. The number of pyridine rings is 1. The second-order valence-electron chi connectivity index (χ2n) is 3.59. The number of nitrogens with two attached hydrogens (primary N) is 1. The van der Waals surface area contributed by atoms with Gasteiger partial charge in [-0.15, -0.1) is 0 Å². The first-order valence-electron chi connectivity index (χ1n) is 5.23. The van der Waals surface area contributed by atoms with Crippen molar-refractivity contribution in [2.45, 2.75) is 6.61 Å². The number of ether oxygens (including phenoxy) is 1. The maximum absolute atomic E-state index is 10.8. The molecule has 0 aliphatic heterocycles. The van der Waals surface area contributed by atoms with E-state index in [1.54, 1.807) is 36.5 Å². The van der Waals surface area contributed by atoms with Gasteiger partial charge in [0.25, 0.3) is 0 Å². The van der Waals surface area contributed by atoms with Crippen LogP contribution in [0.25, 0.3) is 0 Å². The number of para-hydroxylation sites is 2. The maximum atomic E-state index is 10.8. The molecule has 0 atom stereocenters. The van der Waals surface area contributed by atoms with Crippen LogP contribution in [0, 0.1) is 10.1 Å². The minimum Gasteiger partial charge on any atom is -0.480 e. The van der Waals surface area contributed by atoms with Crippen LogP contribution in [0.1, 0.15) is 5.69 Å². The van der Waals surface area contributed by atoms with Gasteiger partial charge in [0, 0.05) is 18.0 Å². The van der Waals surface area contributed by atoms with Crippen molar-refractivity contribution in [1.29, 1.82) is 0 Å². The summed E-state index contributed by atoms with van der Waals surface area (Å²) in [6, 6.07) is 9.52. The number of rotatable bonds is 4. The van der Waals surface area contributed by atoms with Gasteiger partial charge in [0.2, 0.25) is 0 Å². The summed E-state index contributed by atoms with van der Waals surface area (Å²) < 4.78 is 5.38. The van der Waals surface area contributed by atoms with Gasteiger partial charge in [0.15, 0.2) is 5.75 Å². The van der Waals surface area contributed by atoms with Crippen molar-refractivity contribution in [3.63, 3.8) is 0 Å². The first-order chi connectivity index (χ1) is 8.66. The van der Waals surface area contributed by atoms with E-state index < -0.39 is 4.92 Å². The third-order valence-electron chi connectivity index (χ3n) is 2.28. The average Bonchev–Trinajstić information content (AvgIpc) is 2.37. The summed E-state index contributed by atoms with van der Waals surface area (Å²) in [6.45, 7) is 0.135. The molecule has 0 bridgehead atoms. The number of benzene rings is 1. The number of nitrogen functional groups attached to an aromatic ring is 1. The van der Waals surface area contributed by atoms with Crippen molar-refractivity contribution in [1.82, 2.24) is 4.98 Å². The van der Waals surface area contributed by atoms with Crippen LogP contribution >= 0.6 is 0 Å². The Morgan fingerprint density at radius 1 is 1.33 bits per heavy atom. The van der Waals surface area contributed by atoms with E-state index in [9.17, 15) is 10.1 Å². The number of anilines is 1. The first-order valence-corrected chi connectivity index (χ1v) is 5.23. The predicted molar refractivity (Wildman–Crippen MR) is 66.1 cm³/mol. The number of nitro groups is 1. The van der Waals surface area contributed by atoms with Crippen LogP contribution < -0.4 is 10.5 Å². The summed E-state index contributed by atoms with van der Waals surface area (Å²) in [7, 11) is 0. The molecule has 6 heteroatoms. The Morgan fingerprint density at radius 3 is 2.83 bits per heavy atom. The minimum atomic E-state index is -0.484. The van der Waals surface area contributed by atoms with Crippen LogP contribution in [0.4, 0.5) is 11.4 Å². The highest BCUT2D eigenvalue weighted by Gasteiger charge is 2.13. The van der Waals surface area contributed by atoms with Crippen LogP contribution in [0.3, 0.4) is 0 Å². The molecule has 2 rings (SSSR count). The molecule has 0 fully saturated rings. The average molecular weight is 245 g/mol. The molecule has 0 unspecified atom stereocenters. The van der Waals surface area contributed by atoms with Crippen molar-refractivity contribution in [3.05, 3.63) is 58.4 Å². The molecule has 2 N–H and O–H groups in total. The van der Waals surface area contributed by atoms with Crippen LogP contribution in [-0.4, -0.2) is 9.91 Å². The molecule has 1 aromatic heterocycles. The standard InChI is InChI=1S/C12H11N3O3/c13-9-5-6-14-10(7-9)8-18-12-4-2-1-3-11(12)15(16)17/h1-7H,8H2,(H2,13,14). The highest BCUT2D eigenvalue weighted by molar-refractivity contribution is 5.45. The summed E-state index contributed by atoms with van der Waals surface area (Å²) in [5, 5.41) is 10.8. The fourth-order valence-corrected chi connectivity index (χ4v) is 1.46. The molecule has 0 radical (unpaired) electrons. The van der Waals surface area contributed by atoms with Crippen LogP contribution in [0.2, 0.25) is 0 Å². The molecule has 0 saturated heterocycles. The quantitative estimate of drug-likeness (QED) is 0.658. The van der Waals surface area contributed by atoms with E-state index >= 15 is 0 Å². The molecular weight excluding hydrogens is 234 g/mol. The van der Waals surface area contributed by atoms with E-state index in [4.69, 9.17) is 10.5 Å². The van der Waals surface area contributed by atoms with Gasteiger partial charge in [-0.05, 0) is 18.2 Å². The Morgan fingerprint density at radius 2 is 2.11 bits per heavy atom. The largest absolute Gasteiger partial charge is 0.480 e. The Kier molecular flexibility index (Phi) is 3.38. The zero-order valence-corrected chi connectivity index (χ0v) is 9.45. The third-order valence-corrected chi connectivity index (χ3v) is 2.28. The monoisotopic (exact) mass is 245 g/mol. The van der Waals surface area contributed by atoms with Gasteiger partial charge in [-0.25, -0.2) is 0 Å². The summed E-state index contributed by atoms with van der Waals surface area (Å²) in [5.41, 5.74) is 6.73. The lowest BCUT2D eigenvalue weighted by atomic mass is 10.3. The third kappa shape index (κ3) is 2.73. The van der Waals surface area contributed by atoms with Crippen molar-refractivity contribution in [3.8, 4) is 5.75 Å². The number of aromatic nitrogens is 1. The van der Waals surface area contributed by atoms with Crippen molar-refractivity contribution in [2.75, 3.05) is 5.73 Å². The summed E-state index contributed by atoms with van der Waals surface area (Å²) in [5.74, 6) is 0.215. The van der Waals surface area contributed by atoms with Gasteiger partial charge in [0.1, 0.15) is 6.61 Å². The number of nitro benzene ring substituents is 1. The predicted octanol–water partition coefficient (Wildman–Crippen LogP) is 2.15. The normalized spacial score (nSPS) is 10.0. The van der Waals surface area contributed by atoms with Gasteiger partial charge in [-0.1, -0.05) is 12.1 Å². The van der Waals surface area contributed by atoms with E-state index in [-0.39, 0.29) is 18.0 Å². The van der Waals surface area contributed by atoms with Crippen molar-refractivity contribution < 1.29 is 9.66 Å². The molecule has 0 aliphatic rings. The SMILES string of the molecule is Nc1ccnc(COc2ccccc2[N+](=O)[O-])c1. The second-order valence-corrected chi connectivity index (χ2v) is 3.59. The van der Waals surface area contributed by atoms with E-state index in [1.165, 1.54) is 6.07 Å². The lowest BCUT2D eigenvalue weighted by Gasteiger charge is -2.06. The van der Waals surface area contributed by atoms with Gasteiger partial charge in [-0.3, -0.25) is 15.1 Å². The first kappa shape index (κ1) is 11.8. The van der Waals surface area contributed by atoms with Crippen LogP contribution in [0.5, 0.6) is 5.75 Å². The lowest BCUT2D eigenvalue weighted by Crippen LogP contribution is -2.01. The molecule has 0 aliphatic carbocycles. The molecule has 2 aromatic rings. The van der Waals surface area contributed by atoms with Crippen LogP contribution in [0.15, 0.2) is 42.6 Å². The minimum absolute atomic E-state index is 0.0681. The molecular formula is C12H11N3O3. The highest BCUT2D eigenvalue weighted by Crippen LogP contribution is 2.26. The Hall–Kier alpha value is -2.63. The Balaban J connectivity index is 2.13. The molecule has 0 spiro atoms. The number of hydrogen-bond acceptors (Lipinski definition) is 5. The molecule has 1 aromatic carbocycles. The van der Waals surface area contributed by atoms with Gasteiger partial charge >= 0.3 is 5.69 Å². The van der Waals surface area contributed by atoms with Gasteiger partial charge in [0.05, 0.1) is 10.6 Å². The van der Waals surface area contributed by atoms with E-state index in [1.807, 2.05) is 0 Å². The van der Waals surface area contributed by atoms with Gasteiger partial charge < -0.3 is 10.5 Å². The topological polar surface area (TPSA) is 91.3 Å². The van der Waals surface area contributed by atoms with E-state index in [2.05, 4.69) is 4.98 Å². The summed E-state index contributed by atoms with van der Waals surface area (Å²) in [6.07, 6.45) is 1.56. The van der Waals surface area contributed by atoms with E-state index in [0.29, 0.717) is 11.4 Å². The Labute approximate surface area is 103 Å². The maximum Gasteiger partial charge on any atom is 0.310 e. The van der Waals surface area contributed by atoms with Crippen LogP contribution in [-0.2, 0) is 6.61 Å². The smallest absolute Gasteiger partial charge is 0.310 e. The van der Waals surface area contributed by atoms with Crippen molar-refractivity contribution >= 4 is 11.4 Å². The van der Waals surface area contributed by atoms with E-state index in [0.717, 1.165) is 0 Å². The second kappa shape index (κ2) is 5.13. The number of hydrogen-bond donors (Lipinski definition) is 1. The molecule has 6 nitrogen and oxygen atoms in total. The fraction of sp³-hybridized carbons (Fsp3) is 0.0833. The zero-order valence-electron chi connectivity index (χ0n) is 9.45. The van der Waals surface area contributed by atoms with Gasteiger partial charge in [-0.2, -0.15) is 0 Å². The molecule has 0 saturated carbocycles. The molecule has 18 heavy (non-hydrogen) atoms.